The number of hydrogen-bond donors (Lipinski definition) is 1. The van der Waals surface area contributed by atoms with Gasteiger partial charge in [-0.15, -0.1) is 0 Å². The Morgan fingerprint density at radius 1 is 1.43 bits per heavy atom. The first kappa shape index (κ1) is 9.40. The van der Waals surface area contributed by atoms with Crippen molar-refractivity contribution in [3.05, 3.63) is 28.8 Å². The third-order valence-electron chi connectivity index (χ3n) is 2.34. The Bertz CT molecular complexity index is 364. The number of fused-ring (bicyclic) bond motifs is 1. The molecule has 4 heteroatoms. The molecule has 14 heavy (non-hydrogen) atoms. The molecule has 0 bridgehead atoms. The van der Waals surface area contributed by atoms with Gasteiger partial charge in [0.2, 0.25) is 0 Å². The molecule has 1 aromatic rings. The molecule has 1 N–H and O–H groups in total. The second kappa shape index (κ2) is 3.53. The Balaban J connectivity index is 2.51. The Morgan fingerprint density at radius 2 is 2.21 bits per heavy atom. The molecule has 0 amide bonds. The van der Waals surface area contributed by atoms with E-state index < -0.39 is 11.6 Å². The van der Waals surface area contributed by atoms with Gasteiger partial charge in [-0.3, -0.25) is 0 Å². The summed E-state index contributed by atoms with van der Waals surface area (Å²) in [5, 5.41) is 8.65. The van der Waals surface area contributed by atoms with E-state index in [1.54, 1.807) is 0 Å². The molecule has 0 saturated carbocycles. The van der Waals surface area contributed by atoms with E-state index in [1.165, 1.54) is 6.07 Å². The third-order valence-corrected chi connectivity index (χ3v) is 2.34. The normalized spacial score (nSPS) is 13.9. The highest BCUT2D eigenvalue weighted by molar-refractivity contribution is 5.42. The summed E-state index contributed by atoms with van der Waals surface area (Å²) >= 11 is 0. The van der Waals surface area contributed by atoms with Gasteiger partial charge in [-0.05, 0) is 0 Å². The maximum atomic E-state index is 13.6. The molecule has 1 aliphatic rings. The zero-order chi connectivity index (χ0) is 10.1. The summed E-state index contributed by atoms with van der Waals surface area (Å²) < 4.78 is 31.9. The summed E-state index contributed by atoms with van der Waals surface area (Å²) in [7, 11) is 0. The summed E-state index contributed by atoms with van der Waals surface area (Å²) in [6, 6.07) is 1.19. The third kappa shape index (κ3) is 1.35. The lowest BCUT2D eigenvalue weighted by molar-refractivity contribution is 0.295. The van der Waals surface area contributed by atoms with E-state index in [0.717, 1.165) is 0 Å². The summed E-state index contributed by atoms with van der Waals surface area (Å²) in [6.07, 6.45) is 0.477. The van der Waals surface area contributed by atoms with Crippen molar-refractivity contribution in [2.45, 2.75) is 12.8 Å². The molecule has 76 valence electrons. The van der Waals surface area contributed by atoms with Gasteiger partial charge in [-0.2, -0.15) is 0 Å². The average molecular weight is 200 g/mol. The average Bonchev–Trinajstić information content (AvgIpc) is 2.60. The first-order valence-corrected chi connectivity index (χ1v) is 4.47. The standard InChI is InChI=1S/C10H10F2O2/c11-8-5-9-7(2-4-14-9)10(12)6(8)1-3-13/h5,13H,1-4H2. The lowest BCUT2D eigenvalue weighted by Gasteiger charge is -2.07. The molecule has 1 aromatic carbocycles. The van der Waals surface area contributed by atoms with Crippen molar-refractivity contribution < 1.29 is 18.6 Å². The van der Waals surface area contributed by atoms with Gasteiger partial charge < -0.3 is 9.84 Å². The van der Waals surface area contributed by atoms with Crippen molar-refractivity contribution in [2.24, 2.45) is 0 Å². The highest BCUT2D eigenvalue weighted by Crippen LogP contribution is 2.31. The maximum absolute atomic E-state index is 13.6. The molecule has 0 aromatic heterocycles. The van der Waals surface area contributed by atoms with Crippen LogP contribution in [0, 0.1) is 11.6 Å². The molecular weight excluding hydrogens is 190 g/mol. The summed E-state index contributed by atoms with van der Waals surface area (Å²) in [5.41, 5.74) is 0.381. The number of rotatable bonds is 2. The van der Waals surface area contributed by atoms with Crippen LogP contribution in [-0.4, -0.2) is 18.3 Å². The molecule has 0 fully saturated rings. The largest absolute Gasteiger partial charge is 0.493 e. The van der Waals surface area contributed by atoms with Crippen molar-refractivity contribution in [1.29, 1.82) is 0 Å². The van der Waals surface area contributed by atoms with Crippen molar-refractivity contribution in [3.63, 3.8) is 0 Å². The minimum Gasteiger partial charge on any atom is -0.493 e. The summed E-state index contributed by atoms with van der Waals surface area (Å²) in [6.45, 7) is 0.141. The predicted molar refractivity (Wildman–Crippen MR) is 46.3 cm³/mol. The molecule has 0 saturated heterocycles. The first-order valence-electron chi connectivity index (χ1n) is 4.47. The fourth-order valence-electron chi connectivity index (χ4n) is 1.65. The molecule has 0 unspecified atom stereocenters. The molecule has 2 rings (SSSR count). The van der Waals surface area contributed by atoms with Crippen LogP contribution in [0.2, 0.25) is 0 Å². The Kier molecular flexibility index (Phi) is 2.37. The second-order valence-corrected chi connectivity index (χ2v) is 3.20. The van der Waals surface area contributed by atoms with Crippen LogP contribution in [0.5, 0.6) is 5.75 Å². The highest BCUT2D eigenvalue weighted by atomic mass is 19.1. The maximum Gasteiger partial charge on any atom is 0.136 e. The molecule has 1 aliphatic heterocycles. The van der Waals surface area contributed by atoms with Gasteiger partial charge in [0.1, 0.15) is 17.4 Å². The van der Waals surface area contributed by atoms with Crippen molar-refractivity contribution >= 4 is 0 Å². The summed E-state index contributed by atoms with van der Waals surface area (Å²) in [5.74, 6) is -0.912. The van der Waals surface area contributed by atoms with Gasteiger partial charge in [0.15, 0.2) is 0 Å². The number of aliphatic hydroxyl groups excluding tert-OH is 1. The number of ether oxygens (including phenoxy) is 1. The van der Waals surface area contributed by atoms with Crippen LogP contribution in [-0.2, 0) is 12.8 Å². The fourth-order valence-corrected chi connectivity index (χ4v) is 1.65. The smallest absolute Gasteiger partial charge is 0.136 e. The van der Waals surface area contributed by atoms with Gasteiger partial charge in [-0.25, -0.2) is 8.78 Å². The first-order chi connectivity index (χ1) is 6.74. The van der Waals surface area contributed by atoms with Crippen LogP contribution >= 0.6 is 0 Å². The Morgan fingerprint density at radius 3 is 2.93 bits per heavy atom. The van der Waals surface area contributed by atoms with E-state index >= 15 is 0 Å². The van der Waals surface area contributed by atoms with E-state index in [0.29, 0.717) is 24.3 Å². The van der Waals surface area contributed by atoms with E-state index in [4.69, 9.17) is 9.84 Å². The van der Waals surface area contributed by atoms with Crippen molar-refractivity contribution in [1.82, 2.24) is 0 Å². The molecule has 2 nitrogen and oxygen atoms in total. The Labute approximate surface area is 80.1 Å². The summed E-state index contributed by atoms with van der Waals surface area (Å²) in [4.78, 5) is 0. The quantitative estimate of drug-likeness (QED) is 0.782. The van der Waals surface area contributed by atoms with Crippen molar-refractivity contribution in [2.75, 3.05) is 13.2 Å². The highest BCUT2D eigenvalue weighted by Gasteiger charge is 2.22. The predicted octanol–water partition coefficient (Wildman–Crippen LogP) is 1.43. The van der Waals surface area contributed by atoms with Crippen molar-refractivity contribution in [3.8, 4) is 5.75 Å². The van der Waals surface area contributed by atoms with E-state index in [1.807, 2.05) is 0 Å². The zero-order valence-electron chi connectivity index (χ0n) is 7.52. The van der Waals surface area contributed by atoms with E-state index in [9.17, 15) is 8.78 Å². The SMILES string of the molecule is OCCc1c(F)cc2c(c1F)CCO2. The zero-order valence-corrected chi connectivity index (χ0v) is 7.52. The van der Waals surface area contributed by atoms with Gasteiger partial charge in [-0.1, -0.05) is 0 Å². The van der Waals surface area contributed by atoms with Crippen LogP contribution in [0.4, 0.5) is 8.78 Å². The molecule has 0 spiro atoms. The number of halogens is 2. The van der Waals surface area contributed by atoms with Crippen LogP contribution < -0.4 is 4.74 Å². The number of aliphatic hydroxyl groups is 1. The lowest BCUT2D eigenvalue weighted by Crippen LogP contribution is -2.02. The van der Waals surface area contributed by atoms with Crippen LogP contribution in [0.25, 0.3) is 0 Å². The van der Waals surface area contributed by atoms with Gasteiger partial charge in [0, 0.05) is 36.6 Å². The molecular formula is C10H10F2O2. The lowest BCUT2D eigenvalue weighted by atomic mass is 10.0. The molecule has 0 radical (unpaired) electrons. The molecule has 1 heterocycles. The number of benzene rings is 1. The van der Waals surface area contributed by atoms with Gasteiger partial charge in [0.05, 0.1) is 6.61 Å². The number of hydrogen-bond acceptors (Lipinski definition) is 2. The minimum absolute atomic E-state index is 0.00491. The minimum atomic E-state index is -0.641. The monoisotopic (exact) mass is 200 g/mol. The molecule has 0 aliphatic carbocycles. The second-order valence-electron chi connectivity index (χ2n) is 3.20. The Hall–Kier alpha value is -1.16. The van der Waals surface area contributed by atoms with E-state index in [-0.39, 0.29) is 18.6 Å². The van der Waals surface area contributed by atoms with Gasteiger partial charge in [0.25, 0.3) is 0 Å². The van der Waals surface area contributed by atoms with E-state index in [2.05, 4.69) is 0 Å². The van der Waals surface area contributed by atoms with Gasteiger partial charge >= 0.3 is 0 Å². The van der Waals surface area contributed by atoms with Crippen LogP contribution in [0.1, 0.15) is 11.1 Å². The molecule has 0 atom stereocenters. The topological polar surface area (TPSA) is 29.5 Å². The van der Waals surface area contributed by atoms with Crippen LogP contribution in [0.3, 0.4) is 0 Å². The van der Waals surface area contributed by atoms with Crippen LogP contribution in [0.15, 0.2) is 6.07 Å². The fraction of sp³-hybridized carbons (Fsp3) is 0.400.